The number of anilines is 1. The van der Waals surface area contributed by atoms with E-state index in [0.717, 1.165) is 12.4 Å². The van der Waals surface area contributed by atoms with Crippen LogP contribution in [0.4, 0.5) is 5.82 Å². The Morgan fingerprint density at radius 3 is 2.59 bits per heavy atom. The third kappa shape index (κ3) is 3.30. The third-order valence-electron chi connectivity index (χ3n) is 2.65. The van der Waals surface area contributed by atoms with Crippen LogP contribution >= 0.6 is 11.3 Å². The van der Waals surface area contributed by atoms with E-state index in [2.05, 4.69) is 54.7 Å². The van der Waals surface area contributed by atoms with Crippen LogP contribution in [0.5, 0.6) is 0 Å². The van der Waals surface area contributed by atoms with Crippen LogP contribution in [0.15, 0.2) is 35.8 Å². The van der Waals surface area contributed by atoms with Gasteiger partial charge in [0.1, 0.15) is 5.82 Å². The Hall–Kier alpha value is -1.35. The molecule has 2 rings (SSSR count). The predicted octanol–water partition coefficient (Wildman–Crippen LogP) is 4.05. The molecule has 0 aliphatic rings. The molecule has 0 amide bonds. The lowest BCUT2D eigenvalue weighted by Gasteiger charge is -2.18. The molecule has 0 aliphatic carbocycles. The van der Waals surface area contributed by atoms with Crippen molar-refractivity contribution in [1.82, 2.24) is 4.98 Å². The molecule has 0 radical (unpaired) electrons. The number of aromatic nitrogens is 1. The summed E-state index contributed by atoms with van der Waals surface area (Å²) < 4.78 is 0. The lowest BCUT2D eigenvalue weighted by atomic mass is 9.88. The topological polar surface area (TPSA) is 24.9 Å². The van der Waals surface area contributed by atoms with Gasteiger partial charge in [0.05, 0.1) is 6.54 Å². The monoisotopic (exact) mass is 246 g/mol. The molecule has 17 heavy (non-hydrogen) atoms. The minimum Gasteiger partial charge on any atom is -0.365 e. The molecule has 0 unspecified atom stereocenters. The number of thiophene rings is 1. The Kier molecular flexibility index (Phi) is 3.48. The predicted molar refractivity (Wildman–Crippen MR) is 74.6 cm³/mol. The standard InChI is InChI=1S/C14H18N2S/c1-14(2,3)11-6-7-13(15-9-11)16-10-12-5-4-8-17-12/h4-9H,10H2,1-3H3,(H,15,16). The number of pyridine rings is 1. The van der Waals surface area contributed by atoms with Gasteiger partial charge in [0.25, 0.3) is 0 Å². The Morgan fingerprint density at radius 2 is 2.06 bits per heavy atom. The highest BCUT2D eigenvalue weighted by molar-refractivity contribution is 7.09. The van der Waals surface area contributed by atoms with E-state index in [-0.39, 0.29) is 5.41 Å². The maximum Gasteiger partial charge on any atom is 0.126 e. The zero-order valence-electron chi connectivity index (χ0n) is 10.5. The Morgan fingerprint density at radius 1 is 1.24 bits per heavy atom. The van der Waals surface area contributed by atoms with Crippen molar-refractivity contribution in [2.75, 3.05) is 5.32 Å². The molecule has 1 N–H and O–H groups in total. The van der Waals surface area contributed by atoms with Crippen molar-refractivity contribution in [3.8, 4) is 0 Å². The zero-order valence-corrected chi connectivity index (χ0v) is 11.3. The summed E-state index contributed by atoms with van der Waals surface area (Å²) in [6.07, 6.45) is 1.96. The van der Waals surface area contributed by atoms with Crippen LogP contribution in [0.2, 0.25) is 0 Å². The molecule has 0 spiro atoms. The highest BCUT2D eigenvalue weighted by atomic mass is 32.1. The van der Waals surface area contributed by atoms with Gasteiger partial charge in [-0.15, -0.1) is 11.3 Å². The SMILES string of the molecule is CC(C)(C)c1ccc(NCc2cccs2)nc1. The van der Waals surface area contributed by atoms with Crippen molar-refractivity contribution >= 4 is 17.2 Å². The van der Waals surface area contributed by atoms with Gasteiger partial charge in [-0.3, -0.25) is 0 Å². The number of nitrogens with zero attached hydrogens (tertiary/aromatic N) is 1. The summed E-state index contributed by atoms with van der Waals surface area (Å²) in [6, 6.07) is 8.39. The maximum atomic E-state index is 4.44. The fourth-order valence-corrected chi connectivity index (χ4v) is 2.18. The van der Waals surface area contributed by atoms with E-state index in [1.54, 1.807) is 11.3 Å². The van der Waals surface area contributed by atoms with Gasteiger partial charge in [0.15, 0.2) is 0 Å². The van der Waals surface area contributed by atoms with Crippen molar-refractivity contribution in [2.45, 2.75) is 32.7 Å². The molecule has 90 valence electrons. The van der Waals surface area contributed by atoms with Gasteiger partial charge in [0.2, 0.25) is 0 Å². The number of hydrogen-bond acceptors (Lipinski definition) is 3. The van der Waals surface area contributed by atoms with Crippen LogP contribution in [0.1, 0.15) is 31.2 Å². The molecule has 2 aromatic heterocycles. The molecule has 2 aromatic rings. The van der Waals surface area contributed by atoms with Crippen LogP contribution < -0.4 is 5.32 Å². The average Bonchev–Trinajstić information content (AvgIpc) is 2.78. The largest absolute Gasteiger partial charge is 0.365 e. The summed E-state index contributed by atoms with van der Waals surface area (Å²) >= 11 is 1.76. The molecule has 0 aliphatic heterocycles. The first kappa shape index (κ1) is 12.1. The van der Waals surface area contributed by atoms with Crippen LogP contribution in [0.3, 0.4) is 0 Å². The molecule has 3 heteroatoms. The van der Waals surface area contributed by atoms with E-state index >= 15 is 0 Å². The van der Waals surface area contributed by atoms with E-state index in [1.165, 1.54) is 10.4 Å². The fourth-order valence-electron chi connectivity index (χ4n) is 1.53. The molecule has 0 aromatic carbocycles. The first-order valence-corrected chi connectivity index (χ1v) is 6.66. The first-order chi connectivity index (χ1) is 8.05. The maximum absolute atomic E-state index is 4.44. The fraction of sp³-hybridized carbons (Fsp3) is 0.357. The summed E-state index contributed by atoms with van der Waals surface area (Å²) in [4.78, 5) is 5.76. The Balaban J connectivity index is 1.99. The second-order valence-corrected chi connectivity index (χ2v) is 6.15. The molecular formula is C14H18N2S. The summed E-state index contributed by atoms with van der Waals surface area (Å²) in [7, 11) is 0. The molecule has 2 heterocycles. The van der Waals surface area contributed by atoms with Gasteiger partial charge in [-0.1, -0.05) is 32.9 Å². The number of rotatable bonds is 3. The third-order valence-corrected chi connectivity index (χ3v) is 3.53. The number of hydrogen-bond donors (Lipinski definition) is 1. The van der Waals surface area contributed by atoms with Crippen molar-refractivity contribution in [1.29, 1.82) is 0 Å². The van der Waals surface area contributed by atoms with Crippen molar-refractivity contribution in [2.24, 2.45) is 0 Å². The van der Waals surface area contributed by atoms with Crippen molar-refractivity contribution in [3.05, 3.63) is 46.3 Å². The van der Waals surface area contributed by atoms with Crippen LogP contribution in [0, 0.1) is 0 Å². The lowest BCUT2D eigenvalue weighted by Crippen LogP contribution is -2.11. The van der Waals surface area contributed by atoms with Crippen molar-refractivity contribution < 1.29 is 0 Å². The minimum atomic E-state index is 0.166. The van der Waals surface area contributed by atoms with E-state index in [0.29, 0.717) is 0 Å². The van der Waals surface area contributed by atoms with Gasteiger partial charge in [-0.25, -0.2) is 4.98 Å². The van der Waals surface area contributed by atoms with Crippen LogP contribution in [-0.2, 0) is 12.0 Å². The van der Waals surface area contributed by atoms with Gasteiger partial charge < -0.3 is 5.32 Å². The summed E-state index contributed by atoms with van der Waals surface area (Å²) in [5.41, 5.74) is 1.43. The normalized spacial score (nSPS) is 11.5. The van der Waals surface area contributed by atoms with Gasteiger partial charge in [-0.05, 0) is 28.5 Å². The average molecular weight is 246 g/mol. The molecule has 0 bridgehead atoms. The second-order valence-electron chi connectivity index (χ2n) is 5.12. The molecule has 0 atom stereocenters. The van der Waals surface area contributed by atoms with Crippen LogP contribution in [0.25, 0.3) is 0 Å². The van der Waals surface area contributed by atoms with Crippen LogP contribution in [-0.4, -0.2) is 4.98 Å². The molecule has 2 nitrogen and oxygen atoms in total. The molecule has 0 fully saturated rings. The molecule has 0 saturated carbocycles. The Bertz CT molecular complexity index is 452. The van der Waals surface area contributed by atoms with Gasteiger partial charge in [0, 0.05) is 11.1 Å². The van der Waals surface area contributed by atoms with Gasteiger partial charge >= 0.3 is 0 Å². The van der Waals surface area contributed by atoms with E-state index in [9.17, 15) is 0 Å². The van der Waals surface area contributed by atoms with E-state index in [1.807, 2.05) is 12.3 Å². The Labute approximate surface area is 107 Å². The van der Waals surface area contributed by atoms with E-state index < -0.39 is 0 Å². The highest BCUT2D eigenvalue weighted by Crippen LogP contribution is 2.22. The zero-order chi connectivity index (χ0) is 12.3. The van der Waals surface area contributed by atoms with Gasteiger partial charge in [-0.2, -0.15) is 0 Å². The summed E-state index contributed by atoms with van der Waals surface area (Å²) in [5, 5.41) is 5.42. The quantitative estimate of drug-likeness (QED) is 0.883. The number of nitrogens with one attached hydrogen (secondary N) is 1. The highest BCUT2D eigenvalue weighted by Gasteiger charge is 2.13. The lowest BCUT2D eigenvalue weighted by molar-refractivity contribution is 0.587. The molecule has 0 saturated heterocycles. The minimum absolute atomic E-state index is 0.166. The summed E-state index contributed by atoms with van der Waals surface area (Å²) in [5.74, 6) is 0.936. The molecular weight excluding hydrogens is 228 g/mol. The second kappa shape index (κ2) is 4.88. The van der Waals surface area contributed by atoms with E-state index in [4.69, 9.17) is 0 Å². The summed E-state index contributed by atoms with van der Waals surface area (Å²) in [6.45, 7) is 7.44. The first-order valence-electron chi connectivity index (χ1n) is 5.78. The smallest absolute Gasteiger partial charge is 0.126 e. The van der Waals surface area contributed by atoms with Crippen molar-refractivity contribution in [3.63, 3.8) is 0 Å².